The Bertz CT molecular complexity index is 449. The van der Waals surface area contributed by atoms with Crippen LogP contribution in [0.5, 0.6) is 5.75 Å². The molecular formula is C16H25N3O. The predicted octanol–water partition coefficient (Wildman–Crippen LogP) is 2.60. The van der Waals surface area contributed by atoms with Crippen molar-refractivity contribution >= 4 is 5.96 Å². The van der Waals surface area contributed by atoms with Gasteiger partial charge in [-0.3, -0.25) is 0 Å². The van der Waals surface area contributed by atoms with E-state index >= 15 is 0 Å². The number of hydrogen-bond donors (Lipinski definition) is 1. The molecule has 4 heteroatoms. The van der Waals surface area contributed by atoms with Crippen LogP contribution in [0.1, 0.15) is 38.7 Å². The van der Waals surface area contributed by atoms with E-state index in [1.54, 1.807) is 0 Å². The molecule has 1 aliphatic heterocycles. The average Bonchev–Trinajstić information content (AvgIpc) is 2.35. The third kappa shape index (κ3) is 3.89. The Hall–Kier alpha value is -1.71. The lowest BCUT2D eigenvalue weighted by Gasteiger charge is -2.31. The molecule has 0 bridgehead atoms. The summed E-state index contributed by atoms with van der Waals surface area (Å²) in [6.45, 7) is 9.04. The van der Waals surface area contributed by atoms with Gasteiger partial charge in [-0.15, -0.1) is 0 Å². The van der Waals surface area contributed by atoms with Gasteiger partial charge in [-0.25, -0.2) is 4.99 Å². The first-order valence-electron chi connectivity index (χ1n) is 7.37. The average molecular weight is 275 g/mol. The highest BCUT2D eigenvalue weighted by atomic mass is 16.5. The first-order chi connectivity index (χ1) is 9.56. The molecule has 0 aromatic heterocycles. The number of likely N-dealkylation sites (tertiary alicyclic amines) is 1. The summed E-state index contributed by atoms with van der Waals surface area (Å²) >= 11 is 0. The molecule has 0 radical (unpaired) electrons. The summed E-state index contributed by atoms with van der Waals surface area (Å²) in [4.78, 5) is 6.47. The molecule has 1 fully saturated rings. The molecule has 1 atom stereocenters. The summed E-state index contributed by atoms with van der Waals surface area (Å²) in [6, 6.07) is 8.28. The maximum atomic E-state index is 5.89. The molecule has 1 aromatic carbocycles. The van der Waals surface area contributed by atoms with E-state index < -0.39 is 0 Å². The molecule has 0 saturated carbocycles. The molecule has 0 amide bonds. The van der Waals surface area contributed by atoms with E-state index in [9.17, 15) is 0 Å². The lowest BCUT2D eigenvalue weighted by atomic mass is 10.0. The molecule has 20 heavy (non-hydrogen) atoms. The Kier molecular flexibility index (Phi) is 4.88. The molecular weight excluding hydrogens is 250 g/mol. The van der Waals surface area contributed by atoms with E-state index in [1.165, 1.54) is 12.0 Å². The van der Waals surface area contributed by atoms with Gasteiger partial charge in [0.15, 0.2) is 5.96 Å². The highest BCUT2D eigenvalue weighted by Gasteiger charge is 2.15. The van der Waals surface area contributed by atoms with Crippen molar-refractivity contribution < 1.29 is 4.74 Å². The van der Waals surface area contributed by atoms with Crippen LogP contribution in [0.4, 0.5) is 0 Å². The molecule has 1 aliphatic rings. The Morgan fingerprint density at radius 3 is 2.40 bits per heavy atom. The fraction of sp³-hybridized carbons (Fsp3) is 0.562. The smallest absolute Gasteiger partial charge is 0.191 e. The highest BCUT2D eigenvalue weighted by Crippen LogP contribution is 2.19. The van der Waals surface area contributed by atoms with Gasteiger partial charge in [0, 0.05) is 13.1 Å². The van der Waals surface area contributed by atoms with Crippen LogP contribution in [0.25, 0.3) is 0 Å². The molecule has 0 spiro atoms. The monoisotopic (exact) mass is 275 g/mol. The van der Waals surface area contributed by atoms with Gasteiger partial charge in [-0.05, 0) is 37.0 Å². The van der Waals surface area contributed by atoms with Crippen LogP contribution in [0, 0.1) is 0 Å². The fourth-order valence-electron chi connectivity index (χ4n) is 2.07. The largest absolute Gasteiger partial charge is 0.489 e. The van der Waals surface area contributed by atoms with Gasteiger partial charge in [0.25, 0.3) is 0 Å². The minimum absolute atomic E-state index is 0.0275. The van der Waals surface area contributed by atoms with Gasteiger partial charge in [0.05, 0.1) is 6.54 Å². The van der Waals surface area contributed by atoms with Crippen molar-refractivity contribution in [2.45, 2.75) is 39.2 Å². The van der Waals surface area contributed by atoms with Crippen LogP contribution in [-0.2, 0) is 0 Å². The maximum Gasteiger partial charge on any atom is 0.191 e. The van der Waals surface area contributed by atoms with Crippen molar-refractivity contribution in [3.63, 3.8) is 0 Å². The third-order valence-electron chi connectivity index (χ3n) is 3.57. The maximum absolute atomic E-state index is 5.89. The molecule has 1 unspecified atom stereocenters. The quantitative estimate of drug-likeness (QED) is 0.664. The molecule has 110 valence electrons. The Balaban J connectivity index is 1.82. The van der Waals surface area contributed by atoms with Crippen LogP contribution >= 0.6 is 0 Å². The first kappa shape index (κ1) is 14.7. The van der Waals surface area contributed by atoms with E-state index in [-0.39, 0.29) is 6.10 Å². The van der Waals surface area contributed by atoms with Crippen LogP contribution < -0.4 is 10.5 Å². The number of nitrogens with two attached hydrogens (primary N) is 1. The number of ether oxygens (including phenoxy) is 1. The van der Waals surface area contributed by atoms with Crippen molar-refractivity contribution in [1.29, 1.82) is 0 Å². The summed E-state index contributed by atoms with van der Waals surface area (Å²) in [5, 5.41) is 0. The van der Waals surface area contributed by atoms with Crippen molar-refractivity contribution in [1.82, 2.24) is 4.90 Å². The van der Waals surface area contributed by atoms with E-state index in [1.807, 2.05) is 19.1 Å². The predicted molar refractivity (Wildman–Crippen MR) is 83.3 cm³/mol. The Morgan fingerprint density at radius 1 is 1.25 bits per heavy atom. The van der Waals surface area contributed by atoms with E-state index in [4.69, 9.17) is 10.5 Å². The molecule has 1 aromatic rings. The zero-order chi connectivity index (χ0) is 14.5. The van der Waals surface area contributed by atoms with Gasteiger partial charge in [0.2, 0.25) is 0 Å². The topological polar surface area (TPSA) is 50.8 Å². The normalized spacial score (nSPS) is 17.0. The van der Waals surface area contributed by atoms with Crippen molar-refractivity contribution in [2.24, 2.45) is 10.7 Å². The van der Waals surface area contributed by atoms with Gasteiger partial charge in [-0.2, -0.15) is 0 Å². The second-order valence-electron chi connectivity index (χ2n) is 5.69. The van der Waals surface area contributed by atoms with Crippen LogP contribution in [0.3, 0.4) is 0 Å². The standard InChI is InChI=1S/C16H25N3O/c1-12(2)14-5-7-15(8-6-14)20-13(3)11-18-16(17)19-9-4-10-19/h5-8,12-13H,4,9-11H2,1-3H3,(H2,17,18). The summed E-state index contributed by atoms with van der Waals surface area (Å²) in [6.07, 6.45) is 1.24. The number of hydrogen-bond acceptors (Lipinski definition) is 2. The molecule has 1 heterocycles. The third-order valence-corrected chi connectivity index (χ3v) is 3.57. The second-order valence-corrected chi connectivity index (χ2v) is 5.69. The SMILES string of the molecule is CC(CN=C(N)N1CCC1)Oc1ccc(C(C)C)cc1. The van der Waals surface area contributed by atoms with E-state index in [0.717, 1.165) is 18.8 Å². The van der Waals surface area contributed by atoms with Gasteiger partial charge < -0.3 is 15.4 Å². The number of nitrogens with zero attached hydrogens (tertiary/aromatic N) is 2. The fourth-order valence-corrected chi connectivity index (χ4v) is 2.07. The zero-order valence-electron chi connectivity index (χ0n) is 12.7. The number of aliphatic imine (C=N–C) groups is 1. The first-order valence-corrected chi connectivity index (χ1v) is 7.37. The lowest BCUT2D eigenvalue weighted by molar-refractivity contribution is 0.228. The minimum atomic E-state index is 0.0275. The minimum Gasteiger partial charge on any atom is -0.489 e. The van der Waals surface area contributed by atoms with Gasteiger partial charge in [-0.1, -0.05) is 26.0 Å². The summed E-state index contributed by atoms with van der Waals surface area (Å²) < 4.78 is 5.85. The lowest BCUT2D eigenvalue weighted by Crippen LogP contribution is -2.46. The molecule has 2 rings (SSSR count). The van der Waals surface area contributed by atoms with Crippen LogP contribution in [0.15, 0.2) is 29.3 Å². The Morgan fingerprint density at radius 2 is 1.90 bits per heavy atom. The number of benzene rings is 1. The van der Waals surface area contributed by atoms with Gasteiger partial charge >= 0.3 is 0 Å². The molecule has 4 nitrogen and oxygen atoms in total. The second kappa shape index (κ2) is 6.64. The zero-order valence-corrected chi connectivity index (χ0v) is 12.7. The van der Waals surface area contributed by atoms with Crippen LogP contribution in [-0.4, -0.2) is 36.6 Å². The highest BCUT2D eigenvalue weighted by molar-refractivity contribution is 5.78. The molecule has 1 saturated heterocycles. The van der Waals surface area contributed by atoms with E-state index in [2.05, 4.69) is 35.9 Å². The number of guanidine groups is 1. The Labute approximate surface area is 121 Å². The van der Waals surface area contributed by atoms with Gasteiger partial charge in [0.1, 0.15) is 11.9 Å². The van der Waals surface area contributed by atoms with Crippen LogP contribution in [0.2, 0.25) is 0 Å². The number of rotatable bonds is 5. The van der Waals surface area contributed by atoms with E-state index in [0.29, 0.717) is 18.4 Å². The van der Waals surface area contributed by atoms with Crippen molar-refractivity contribution in [2.75, 3.05) is 19.6 Å². The van der Waals surface area contributed by atoms with Crippen molar-refractivity contribution in [3.05, 3.63) is 29.8 Å². The molecule has 0 aliphatic carbocycles. The summed E-state index contributed by atoms with van der Waals surface area (Å²) in [7, 11) is 0. The summed E-state index contributed by atoms with van der Waals surface area (Å²) in [5.74, 6) is 2.07. The summed E-state index contributed by atoms with van der Waals surface area (Å²) in [5.41, 5.74) is 7.22. The van der Waals surface area contributed by atoms with Crippen molar-refractivity contribution in [3.8, 4) is 5.75 Å². The molecule has 2 N–H and O–H groups in total.